The average Bonchev–Trinajstić information content (AvgIpc) is 3.09. The molecule has 0 saturated carbocycles. The van der Waals surface area contributed by atoms with Crippen molar-refractivity contribution >= 4 is 33.2 Å². The summed E-state index contributed by atoms with van der Waals surface area (Å²) in [7, 11) is -4.03. The van der Waals surface area contributed by atoms with Gasteiger partial charge in [-0.05, 0) is 57.1 Å². The molecular formula is C17H23ClF3N3O3S. The van der Waals surface area contributed by atoms with Crippen LogP contribution in [0.15, 0.2) is 18.2 Å². The Morgan fingerprint density at radius 2 is 1.93 bits per heavy atom. The van der Waals surface area contributed by atoms with Crippen molar-refractivity contribution in [1.82, 2.24) is 10.2 Å². The van der Waals surface area contributed by atoms with E-state index in [2.05, 4.69) is 10.2 Å². The predicted octanol–water partition coefficient (Wildman–Crippen LogP) is 2.73. The number of rotatable bonds is 8. The standard InChI is InChI=1S/C17H23ClF3N3O3S/c1-28(26,27)24(15-11-13(17(19,20)21)5-6-14(15)18)12-16(25)22-7-4-10-23-8-2-3-9-23/h5-6,11H,2-4,7-10,12H2,1H3,(H,22,25). The van der Waals surface area contributed by atoms with Crippen LogP contribution in [0.25, 0.3) is 0 Å². The molecule has 0 bridgehead atoms. The molecule has 1 amide bonds. The number of likely N-dealkylation sites (tertiary alicyclic amines) is 1. The van der Waals surface area contributed by atoms with Gasteiger partial charge in [-0.1, -0.05) is 11.6 Å². The Kier molecular flexibility index (Phi) is 7.58. The minimum absolute atomic E-state index is 0.194. The van der Waals surface area contributed by atoms with Crippen LogP contribution in [0.3, 0.4) is 0 Å². The lowest BCUT2D eigenvalue weighted by Gasteiger charge is -2.24. The van der Waals surface area contributed by atoms with Crippen LogP contribution in [0, 0.1) is 0 Å². The van der Waals surface area contributed by atoms with Crippen molar-refractivity contribution in [2.45, 2.75) is 25.4 Å². The fourth-order valence-electron chi connectivity index (χ4n) is 2.98. The molecule has 0 spiro atoms. The molecule has 0 aromatic heterocycles. The molecule has 0 aliphatic carbocycles. The zero-order valence-electron chi connectivity index (χ0n) is 15.4. The monoisotopic (exact) mass is 441 g/mol. The van der Waals surface area contributed by atoms with Gasteiger partial charge in [0, 0.05) is 6.54 Å². The summed E-state index contributed by atoms with van der Waals surface area (Å²) in [5.74, 6) is -0.611. The van der Waals surface area contributed by atoms with Crippen LogP contribution >= 0.6 is 11.6 Å². The number of nitrogens with zero attached hydrogens (tertiary/aromatic N) is 2. The summed E-state index contributed by atoms with van der Waals surface area (Å²) >= 11 is 5.92. The van der Waals surface area contributed by atoms with Gasteiger partial charge in [-0.2, -0.15) is 13.2 Å². The summed E-state index contributed by atoms with van der Waals surface area (Å²) in [5, 5.41) is 2.41. The van der Waals surface area contributed by atoms with Crippen molar-refractivity contribution in [2.24, 2.45) is 0 Å². The molecule has 1 fully saturated rings. The van der Waals surface area contributed by atoms with Gasteiger partial charge >= 0.3 is 6.18 Å². The SMILES string of the molecule is CS(=O)(=O)N(CC(=O)NCCCN1CCCC1)c1cc(C(F)(F)F)ccc1Cl. The Morgan fingerprint density at radius 1 is 1.29 bits per heavy atom. The van der Waals surface area contributed by atoms with Crippen LogP contribution in [0.1, 0.15) is 24.8 Å². The molecule has 1 aromatic rings. The van der Waals surface area contributed by atoms with Gasteiger partial charge in [0.1, 0.15) is 6.54 Å². The normalized spacial score (nSPS) is 15.6. The molecular weight excluding hydrogens is 419 g/mol. The van der Waals surface area contributed by atoms with Crippen molar-refractivity contribution in [3.05, 3.63) is 28.8 Å². The van der Waals surface area contributed by atoms with Crippen LogP contribution in [0.5, 0.6) is 0 Å². The fourth-order valence-corrected chi connectivity index (χ4v) is 4.11. The van der Waals surface area contributed by atoms with E-state index in [1.165, 1.54) is 0 Å². The van der Waals surface area contributed by atoms with Gasteiger partial charge in [0.25, 0.3) is 0 Å². The van der Waals surface area contributed by atoms with Crippen LogP contribution < -0.4 is 9.62 Å². The van der Waals surface area contributed by atoms with E-state index in [-0.39, 0.29) is 10.7 Å². The number of amides is 1. The number of alkyl halides is 3. The topological polar surface area (TPSA) is 69.7 Å². The lowest BCUT2D eigenvalue weighted by molar-refractivity contribution is -0.137. The number of sulfonamides is 1. The van der Waals surface area contributed by atoms with Crippen LogP contribution in [0.2, 0.25) is 5.02 Å². The second kappa shape index (κ2) is 9.32. The summed E-state index contributed by atoms with van der Waals surface area (Å²) in [4.78, 5) is 14.4. The lowest BCUT2D eigenvalue weighted by Crippen LogP contribution is -2.41. The van der Waals surface area contributed by atoms with Gasteiger partial charge in [-0.3, -0.25) is 9.10 Å². The second-order valence-corrected chi connectivity index (χ2v) is 9.00. The van der Waals surface area contributed by atoms with E-state index in [1.54, 1.807) is 0 Å². The molecule has 28 heavy (non-hydrogen) atoms. The zero-order valence-corrected chi connectivity index (χ0v) is 17.0. The summed E-state index contributed by atoms with van der Waals surface area (Å²) in [6.45, 7) is 2.59. The predicted molar refractivity (Wildman–Crippen MR) is 102 cm³/mol. The van der Waals surface area contributed by atoms with Crippen molar-refractivity contribution < 1.29 is 26.4 Å². The van der Waals surface area contributed by atoms with Crippen LogP contribution in [0.4, 0.5) is 18.9 Å². The number of nitrogens with one attached hydrogen (secondary N) is 1. The number of anilines is 1. The Labute approximate surface area is 167 Å². The highest BCUT2D eigenvalue weighted by atomic mass is 35.5. The summed E-state index contributed by atoms with van der Waals surface area (Å²) in [6.07, 6.45) is -0.833. The first-order chi connectivity index (χ1) is 13.0. The van der Waals surface area contributed by atoms with Crippen molar-refractivity contribution in [3.8, 4) is 0 Å². The van der Waals surface area contributed by atoms with E-state index in [0.29, 0.717) is 23.3 Å². The van der Waals surface area contributed by atoms with E-state index in [9.17, 15) is 26.4 Å². The van der Waals surface area contributed by atoms with E-state index < -0.39 is 34.2 Å². The Balaban J connectivity index is 2.05. The highest BCUT2D eigenvalue weighted by Gasteiger charge is 2.33. The quantitative estimate of drug-likeness (QED) is 0.630. The molecule has 1 N–H and O–H groups in total. The Bertz CT molecular complexity index is 797. The average molecular weight is 442 g/mol. The molecule has 1 heterocycles. The first kappa shape index (κ1) is 22.8. The smallest absolute Gasteiger partial charge is 0.354 e. The van der Waals surface area contributed by atoms with E-state index >= 15 is 0 Å². The summed E-state index contributed by atoms with van der Waals surface area (Å²) in [5.41, 5.74) is -1.43. The molecule has 1 aliphatic rings. The minimum Gasteiger partial charge on any atom is -0.354 e. The maximum absolute atomic E-state index is 13.0. The summed E-state index contributed by atoms with van der Waals surface area (Å²) < 4.78 is 63.6. The van der Waals surface area contributed by atoms with Gasteiger partial charge < -0.3 is 10.2 Å². The maximum atomic E-state index is 13.0. The van der Waals surface area contributed by atoms with Gasteiger partial charge in [0.15, 0.2) is 0 Å². The van der Waals surface area contributed by atoms with Gasteiger partial charge in [-0.15, -0.1) is 0 Å². The van der Waals surface area contributed by atoms with Crippen LogP contribution in [-0.4, -0.2) is 58.2 Å². The molecule has 158 valence electrons. The molecule has 1 saturated heterocycles. The highest BCUT2D eigenvalue weighted by molar-refractivity contribution is 7.92. The first-order valence-corrected chi connectivity index (χ1v) is 11.0. The second-order valence-electron chi connectivity index (χ2n) is 6.69. The molecule has 11 heteroatoms. The van der Waals surface area contributed by atoms with E-state index in [1.807, 2.05) is 0 Å². The fraction of sp³-hybridized carbons (Fsp3) is 0.588. The molecule has 0 radical (unpaired) electrons. The van der Waals surface area contributed by atoms with Crippen molar-refractivity contribution in [3.63, 3.8) is 0 Å². The van der Waals surface area contributed by atoms with Crippen LogP contribution in [-0.2, 0) is 21.0 Å². The molecule has 6 nitrogen and oxygen atoms in total. The molecule has 0 unspecified atom stereocenters. The summed E-state index contributed by atoms with van der Waals surface area (Å²) in [6, 6.07) is 2.35. The molecule has 0 atom stereocenters. The number of carbonyl (C=O) groups is 1. The van der Waals surface area contributed by atoms with E-state index in [4.69, 9.17) is 11.6 Å². The van der Waals surface area contributed by atoms with Crippen molar-refractivity contribution in [1.29, 1.82) is 0 Å². The molecule has 2 rings (SSSR count). The zero-order chi connectivity index (χ0) is 20.9. The van der Waals surface area contributed by atoms with E-state index in [0.717, 1.165) is 50.9 Å². The van der Waals surface area contributed by atoms with Gasteiger partial charge in [-0.25, -0.2) is 8.42 Å². The largest absolute Gasteiger partial charge is 0.416 e. The van der Waals surface area contributed by atoms with Gasteiger partial charge in [0.05, 0.1) is 22.5 Å². The third-order valence-electron chi connectivity index (χ3n) is 4.40. The highest BCUT2D eigenvalue weighted by Crippen LogP contribution is 2.36. The van der Waals surface area contributed by atoms with Gasteiger partial charge in [0.2, 0.25) is 15.9 Å². The third-order valence-corrected chi connectivity index (χ3v) is 5.85. The minimum atomic E-state index is -4.67. The number of hydrogen-bond donors (Lipinski definition) is 1. The Morgan fingerprint density at radius 3 is 2.50 bits per heavy atom. The van der Waals surface area contributed by atoms with Crippen molar-refractivity contribution in [2.75, 3.05) is 43.3 Å². The third kappa shape index (κ3) is 6.52. The molecule has 1 aliphatic heterocycles. The number of hydrogen-bond acceptors (Lipinski definition) is 4. The lowest BCUT2D eigenvalue weighted by atomic mass is 10.2. The maximum Gasteiger partial charge on any atom is 0.416 e. The Hall–Kier alpha value is -1.52. The number of carbonyl (C=O) groups excluding carboxylic acids is 1. The molecule has 1 aromatic carbocycles. The number of benzene rings is 1. The first-order valence-electron chi connectivity index (χ1n) is 8.82. The number of halogens is 4.